The van der Waals surface area contributed by atoms with Gasteiger partial charge in [0.2, 0.25) is 11.9 Å². The molecule has 1 aliphatic carbocycles. The Hall–Kier alpha value is -4.11. The summed E-state index contributed by atoms with van der Waals surface area (Å²) in [5, 5.41) is 25.8. The van der Waals surface area contributed by atoms with Gasteiger partial charge in [0.1, 0.15) is 17.7 Å². The minimum Gasteiger partial charge on any atom is -0.465 e. The molecule has 1 saturated heterocycles. The molecule has 1 aromatic carbocycles. The van der Waals surface area contributed by atoms with Crippen LogP contribution in [-0.2, 0) is 9.53 Å². The molecule has 4 N–H and O–H groups in total. The number of fused-ring (bicyclic) bond motifs is 1. The quantitative estimate of drug-likeness (QED) is 0.255. The van der Waals surface area contributed by atoms with Crippen molar-refractivity contribution in [3.8, 4) is 5.82 Å². The molecule has 0 unspecified atom stereocenters. The van der Waals surface area contributed by atoms with Crippen molar-refractivity contribution in [1.82, 2.24) is 29.7 Å². The van der Waals surface area contributed by atoms with Crippen molar-refractivity contribution in [3.05, 3.63) is 36.2 Å². The summed E-state index contributed by atoms with van der Waals surface area (Å²) in [7, 11) is 0. The third-order valence-electron chi connectivity index (χ3n) is 8.38. The summed E-state index contributed by atoms with van der Waals surface area (Å²) >= 11 is 0. The number of nitrogens with zero attached hydrogens (tertiary/aromatic N) is 6. The van der Waals surface area contributed by atoms with Crippen LogP contribution in [0.25, 0.3) is 16.9 Å². The van der Waals surface area contributed by atoms with Crippen molar-refractivity contribution >= 4 is 34.8 Å². The fraction of sp³-hybridized carbons (Fsp3) is 0.581. The predicted octanol–water partition coefficient (Wildman–Crippen LogP) is 3.96. The second kappa shape index (κ2) is 14.1. The normalized spacial score (nSPS) is 19.7. The second-order valence-electron chi connectivity index (χ2n) is 12.7. The van der Waals surface area contributed by atoms with Gasteiger partial charge in [-0.15, -0.1) is 0 Å². The van der Waals surface area contributed by atoms with E-state index in [0.717, 1.165) is 4.90 Å². The van der Waals surface area contributed by atoms with E-state index in [2.05, 4.69) is 15.6 Å². The van der Waals surface area contributed by atoms with E-state index in [1.54, 1.807) is 51.1 Å². The molecule has 2 fully saturated rings. The topological polar surface area (TPSA) is 158 Å². The number of carbonyl (C=O) groups excluding carboxylic acids is 1. The lowest BCUT2D eigenvalue weighted by molar-refractivity contribution is -0.129. The number of carbonyl (C=O) groups is 2. The molecule has 1 aliphatic heterocycles. The SMILES string of the molecule is CC(C)(C)N(C(=O)O)[C@H](CCO)C(=O)NC1CCC(Nc2cc(-n3c(C(F)F)nc4ccccc43)nc(N3CCOCC3)n2)CC1. The molecule has 0 bridgehead atoms. The van der Waals surface area contributed by atoms with Crippen LogP contribution in [0.2, 0.25) is 0 Å². The first-order valence-corrected chi connectivity index (χ1v) is 15.6. The average molecular weight is 645 g/mol. The van der Waals surface area contributed by atoms with Crippen molar-refractivity contribution in [2.24, 2.45) is 0 Å². The number of aliphatic hydroxyl groups excluding tert-OH is 1. The fourth-order valence-electron chi connectivity index (χ4n) is 6.22. The van der Waals surface area contributed by atoms with Crippen molar-refractivity contribution in [2.45, 2.75) is 83.0 Å². The van der Waals surface area contributed by atoms with Gasteiger partial charge in [0.15, 0.2) is 5.82 Å². The molecular formula is C31H42F2N8O5. The van der Waals surface area contributed by atoms with Crippen LogP contribution >= 0.6 is 0 Å². The van der Waals surface area contributed by atoms with E-state index in [1.165, 1.54) is 4.57 Å². The number of ether oxygens (including phenoxy) is 1. The first-order chi connectivity index (χ1) is 22.0. The van der Waals surface area contributed by atoms with Crippen LogP contribution in [-0.4, -0.2) is 103 Å². The Kier molecular flexibility index (Phi) is 10.2. The summed E-state index contributed by atoms with van der Waals surface area (Å²) in [6, 6.07) is 7.39. The zero-order valence-electron chi connectivity index (χ0n) is 26.3. The Bertz CT molecular complexity index is 1520. The number of halogens is 2. The number of aromatic nitrogens is 4. The summed E-state index contributed by atoms with van der Waals surface area (Å²) in [4.78, 5) is 41.9. The number of anilines is 2. The van der Waals surface area contributed by atoms with E-state index in [-0.39, 0.29) is 30.9 Å². The van der Waals surface area contributed by atoms with Crippen molar-refractivity contribution < 1.29 is 33.3 Å². The van der Waals surface area contributed by atoms with Crippen LogP contribution in [0.4, 0.5) is 25.3 Å². The number of alkyl halides is 2. The van der Waals surface area contributed by atoms with Gasteiger partial charge in [0.05, 0.1) is 24.2 Å². The molecule has 15 heteroatoms. The lowest BCUT2D eigenvalue weighted by Gasteiger charge is -2.39. The molecule has 3 heterocycles. The number of carboxylic acid groups (broad SMARTS) is 1. The fourth-order valence-corrected chi connectivity index (χ4v) is 6.22. The summed E-state index contributed by atoms with van der Waals surface area (Å²) < 4.78 is 35.3. The maximum absolute atomic E-state index is 14.2. The van der Waals surface area contributed by atoms with Crippen LogP contribution in [0.3, 0.4) is 0 Å². The Morgan fingerprint density at radius 1 is 1.07 bits per heavy atom. The van der Waals surface area contributed by atoms with Gasteiger partial charge in [-0.3, -0.25) is 14.3 Å². The number of morpholine rings is 1. The number of benzene rings is 1. The smallest absolute Gasteiger partial charge is 0.408 e. The number of hydrogen-bond donors (Lipinski definition) is 4. The number of imidazole rings is 1. The molecule has 13 nitrogen and oxygen atoms in total. The first-order valence-electron chi connectivity index (χ1n) is 15.6. The number of amides is 2. The van der Waals surface area contributed by atoms with Crippen molar-refractivity contribution in [3.63, 3.8) is 0 Å². The summed E-state index contributed by atoms with van der Waals surface area (Å²) in [5.74, 6) is 0.338. The largest absolute Gasteiger partial charge is 0.465 e. The van der Waals surface area contributed by atoms with Crippen LogP contribution in [0, 0.1) is 0 Å². The van der Waals surface area contributed by atoms with E-state index < -0.39 is 35.8 Å². The molecule has 5 rings (SSSR count). The van der Waals surface area contributed by atoms with E-state index in [9.17, 15) is 28.6 Å². The van der Waals surface area contributed by atoms with Gasteiger partial charge >= 0.3 is 6.09 Å². The zero-order chi connectivity index (χ0) is 33.0. The van der Waals surface area contributed by atoms with Gasteiger partial charge < -0.3 is 30.5 Å². The molecular weight excluding hydrogens is 602 g/mol. The third kappa shape index (κ3) is 7.47. The number of para-hydroxylation sites is 2. The van der Waals surface area contributed by atoms with Gasteiger partial charge in [-0.1, -0.05) is 12.1 Å². The number of aliphatic hydroxyl groups is 1. The van der Waals surface area contributed by atoms with E-state index in [1.807, 2.05) is 4.90 Å². The van der Waals surface area contributed by atoms with Gasteiger partial charge in [0, 0.05) is 49.8 Å². The van der Waals surface area contributed by atoms with Crippen LogP contribution in [0.1, 0.15) is 65.1 Å². The minimum atomic E-state index is -2.82. The zero-order valence-corrected chi connectivity index (χ0v) is 26.3. The highest BCUT2D eigenvalue weighted by Gasteiger charge is 2.38. The average Bonchev–Trinajstić information content (AvgIpc) is 3.41. The lowest BCUT2D eigenvalue weighted by atomic mass is 9.90. The highest BCUT2D eigenvalue weighted by molar-refractivity contribution is 5.86. The molecule has 250 valence electrons. The molecule has 1 saturated carbocycles. The van der Waals surface area contributed by atoms with E-state index in [4.69, 9.17) is 14.7 Å². The van der Waals surface area contributed by atoms with Gasteiger partial charge in [-0.25, -0.2) is 18.6 Å². The third-order valence-corrected chi connectivity index (χ3v) is 8.38. The predicted molar refractivity (Wildman–Crippen MR) is 168 cm³/mol. The van der Waals surface area contributed by atoms with Crippen LogP contribution < -0.4 is 15.5 Å². The van der Waals surface area contributed by atoms with Crippen molar-refractivity contribution in [2.75, 3.05) is 43.1 Å². The number of nitrogens with one attached hydrogen (secondary N) is 2. The molecule has 0 radical (unpaired) electrons. The highest BCUT2D eigenvalue weighted by atomic mass is 19.3. The summed E-state index contributed by atoms with van der Waals surface area (Å²) in [6.45, 7) is 6.93. The maximum atomic E-state index is 14.2. The van der Waals surface area contributed by atoms with Crippen molar-refractivity contribution in [1.29, 1.82) is 0 Å². The maximum Gasteiger partial charge on any atom is 0.408 e. The van der Waals surface area contributed by atoms with Crippen LogP contribution in [0.15, 0.2) is 30.3 Å². The van der Waals surface area contributed by atoms with Crippen LogP contribution in [0.5, 0.6) is 0 Å². The summed E-state index contributed by atoms with van der Waals surface area (Å²) in [6.07, 6.45) is -1.42. The number of hydrogen-bond acceptors (Lipinski definition) is 9. The van der Waals surface area contributed by atoms with Gasteiger partial charge in [0.25, 0.3) is 6.43 Å². The van der Waals surface area contributed by atoms with E-state index in [0.29, 0.717) is 74.8 Å². The summed E-state index contributed by atoms with van der Waals surface area (Å²) in [5.41, 5.74) is 0.119. The molecule has 46 heavy (non-hydrogen) atoms. The Morgan fingerprint density at radius 2 is 1.74 bits per heavy atom. The Labute approximate surface area is 266 Å². The molecule has 2 aliphatic rings. The highest BCUT2D eigenvalue weighted by Crippen LogP contribution is 2.30. The van der Waals surface area contributed by atoms with Gasteiger partial charge in [-0.2, -0.15) is 9.97 Å². The van der Waals surface area contributed by atoms with Gasteiger partial charge in [-0.05, 0) is 58.6 Å². The monoisotopic (exact) mass is 644 g/mol. The molecule has 3 aromatic rings. The molecule has 1 atom stereocenters. The Morgan fingerprint density at radius 3 is 2.37 bits per heavy atom. The first kappa shape index (κ1) is 33.3. The molecule has 2 aromatic heterocycles. The number of rotatable bonds is 10. The Balaban J connectivity index is 1.33. The van der Waals surface area contributed by atoms with E-state index >= 15 is 0 Å². The second-order valence-corrected chi connectivity index (χ2v) is 12.7. The standard InChI is InChI=1S/C31H42F2N8O5/c1-31(2,3)41(30(44)45)23(12-15-42)28(43)35-20-10-8-19(9-11-20)34-24-18-25(38-29(37-24)39-13-16-46-17-14-39)40-22-7-5-4-6-21(22)36-27(40)26(32)33/h4-7,18-20,23,26,42H,8-17H2,1-3H3,(H,35,43)(H,44,45)(H,34,37,38)/t19?,20?,23-/m1/s1. The molecule has 0 spiro atoms. The minimum absolute atomic E-state index is 0.00665. The molecule has 2 amide bonds. The lowest BCUT2D eigenvalue weighted by Crippen LogP contribution is -2.58.